The summed E-state index contributed by atoms with van der Waals surface area (Å²) >= 11 is 6.09. The molecule has 0 saturated heterocycles. The highest BCUT2D eigenvalue weighted by Crippen LogP contribution is 2.25. The molecule has 0 bridgehead atoms. The minimum atomic E-state index is -0.172. The third-order valence-electron chi connectivity index (χ3n) is 4.04. The van der Waals surface area contributed by atoms with Crippen LogP contribution in [-0.4, -0.2) is 15.3 Å². The van der Waals surface area contributed by atoms with Crippen LogP contribution in [0, 0.1) is 0 Å². The van der Waals surface area contributed by atoms with Crippen molar-refractivity contribution < 1.29 is 4.79 Å². The Morgan fingerprint density at radius 2 is 2.00 bits per heavy atom. The van der Waals surface area contributed by atoms with Gasteiger partial charge in [-0.2, -0.15) is 0 Å². The molecule has 0 fully saturated rings. The summed E-state index contributed by atoms with van der Waals surface area (Å²) in [6.45, 7) is 6.20. The molecule has 3 rings (SSSR count). The van der Waals surface area contributed by atoms with Crippen molar-refractivity contribution in [3.05, 3.63) is 64.6 Å². The number of hydrogen-bond acceptors (Lipinski definition) is 2. The lowest BCUT2D eigenvalue weighted by Gasteiger charge is -2.14. The topological polar surface area (TPSA) is 46.4 Å². The molecule has 2 heterocycles. The first-order valence-electron chi connectivity index (χ1n) is 8.08. The molecule has 0 unspecified atom stereocenters. The molecule has 0 spiro atoms. The molecule has 1 amide bonds. The predicted octanol–water partition coefficient (Wildman–Crippen LogP) is 4.93. The first-order valence-corrected chi connectivity index (χ1v) is 8.45. The van der Waals surface area contributed by atoms with Gasteiger partial charge in [0.15, 0.2) is 0 Å². The van der Waals surface area contributed by atoms with Gasteiger partial charge in [0.1, 0.15) is 11.3 Å². The number of rotatable bonds is 4. The van der Waals surface area contributed by atoms with Crippen LogP contribution < -0.4 is 5.32 Å². The Morgan fingerprint density at radius 1 is 1.25 bits per heavy atom. The molecule has 1 N–H and O–H groups in total. The second-order valence-corrected chi connectivity index (χ2v) is 6.47. The van der Waals surface area contributed by atoms with Gasteiger partial charge in [-0.15, -0.1) is 0 Å². The Balaban J connectivity index is 2.05. The number of anilines is 1. The van der Waals surface area contributed by atoms with Crippen molar-refractivity contribution in [3.8, 4) is 0 Å². The Hall–Kier alpha value is -2.33. The maximum absolute atomic E-state index is 12.9. The number of nitrogens with zero attached hydrogens (tertiary/aromatic N) is 2. The van der Waals surface area contributed by atoms with Gasteiger partial charge in [0.05, 0.1) is 10.7 Å². The fourth-order valence-corrected chi connectivity index (χ4v) is 3.01. The van der Waals surface area contributed by atoms with Crippen LogP contribution in [0.15, 0.2) is 42.6 Å². The van der Waals surface area contributed by atoms with Crippen molar-refractivity contribution in [2.45, 2.75) is 33.1 Å². The summed E-state index contributed by atoms with van der Waals surface area (Å²) < 4.78 is 1.76. The van der Waals surface area contributed by atoms with E-state index in [-0.39, 0.29) is 5.91 Å². The van der Waals surface area contributed by atoms with Crippen molar-refractivity contribution in [1.82, 2.24) is 9.38 Å². The molecule has 124 valence electrons. The highest BCUT2D eigenvalue weighted by atomic mass is 35.5. The van der Waals surface area contributed by atoms with Crippen LogP contribution in [0.3, 0.4) is 0 Å². The zero-order valence-corrected chi connectivity index (χ0v) is 14.8. The van der Waals surface area contributed by atoms with Gasteiger partial charge >= 0.3 is 0 Å². The molecular weight excluding hydrogens is 322 g/mol. The molecule has 2 aromatic heterocycles. The zero-order chi connectivity index (χ0) is 17.3. The second-order valence-electron chi connectivity index (χ2n) is 6.03. The molecule has 0 aliphatic rings. The molecule has 4 nitrogen and oxygen atoms in total. The fraction of sp³-hybridized carbons (Fsp3) is 0.263. The summed E-state index contributed by atoms with van der Waals surface area (Å²) in [7, 11) is 0. The van der Waals surface area contributed by atoms with E-state index in [9.17, 15) is 4.79 Å². The number of pyridine rings is 1. The van der Waals surface area contributed by atoms with Gasteiger partial charge in [-0.3, -0.25) is 9.20 Å². The molecule has 0 saturated carbocycles. The van der Waals surface area contributed by atoms with Crippen LogP contribution in [0.2, 0.25) is 5.02 Å². The third kappa shape index (κ3) is 3.02. The van der Waals surface area contributed by atoms with Crippen LogP contribution in [0.1, 0.15) is 48.4 Å². The maximum atomic E-state index is 12.9. The number of imidazole rings is 1. The highest BCUT2D eigenvalue weighted by Gasteiger charge is 2.19. The summed E-state index contributed by atoms with van der Waals surface area (Å²) in [5.41, 5.74) is 3.95. The van der Waals surface area contributed by atoms with Gasteiger partial charge in [0, 0.05) is 11.9 Å². The first kappa shape index (κ1) is 16.5. The van der Waals surface area contributed by atoms with E-state index in [2.05, 4.69) is 24.1 Å². The molecule has 0 radical (unpaired) electrons. The number of amides is 1. The Labute approximate surface area is 146 Å². The molecule has 1 aromatic carbocycles. The van der Waals surface area contributed by atoms with Crippen molar-refractivity contribution in [1.29, 1.82) is 0 Å². The van der Waals surface area contributed by atoms with Crippen LogP contribution in [0.4, 0.5) is 5.69 Å². The van der Waals surface area contributed by atoms with E-state index >= 15 is 0 Å². The van der Waals surface area contributed by atoms with E-state index in [1.807, 2.05) is 37.3 Å². The molecule has 0 aliphatic carbocycles. The molecule has 0 atom stereocenters. The summed E-state index contributed by atoms with van der Waals surface area (Å²) in [6, 6.07) is 11.5. The average Bonchev–Trinajstić information content (AvgIpc) is 2.92. The summed E-state index contributed by atoms with van der Waals surface area (Å²) in [5, 5.41) is 3.61. The number of benzene rings is 1. The number of hydrogen-bond donors (Lipinski definition) is 1. The van der Waals surface area contributed by atoms with E-state index in [1.54, 1.807) is 16.7 Å². The van der Waals surface area contributed by atoms with Crippen molar-refractivity contribution in [2.24, 2.45) is 0 Å². The van der Waals surface area contributed by atoms with Gasteiger partial charge in [0.25, 0.3) is 5.91 Å². The van der Waals surface area contributed by atoms with Gasteiger partial charge in [-0.1, -0.05) is 50.6 Å². The van der Waals surface area contributed by atoms with Crippen molar-refractivity contribution in [3.63, 3.8) is 0 Å². The number of carbonyl (C=O) groups excluding carboxylic acids is 1. The number of halogens is 1. The number of aromatic nitrogens is 2. The quantitative estimate of drug-likeness (QED) is 0.731. The van der Waals surface area contributed by atoms with E-state index in [1.165, 1.54) is 0 Å². The molecular formula is C19H20ClN3O. The number of carbonyl (C=O) groups is 1. The minimum absolute atomic E-state index is 0.172. The summed E-state index contributed by atoms with van der Waals surface area (Å²) in [6.07, 6.45) is 2.40. The SMILES string of the molecule is CCc1nc2ccc(Cl)cn2c1C(=O)Nc1ccccc1C(C)C. The molecule has 24 heavy (non-hydrogen) atoms. The molecule has 5 heteroatoms. The van der Waals surface area contributed by atoms with Crippen LogP contribution >= 0.6 is 11.6 Å². The average molecular weight is 342 g/mol. The number of aryl methyl sites for hydroxylation is 1. The lowest BCUT2D eigenvalue weighted by Crippen LogP contribution is -2.17. The standard InChI is InChI=1S/C19H20ClN3O/c1-4-15-18(23-11-13(20)9-10-17(23)21-15)19(24)22-16-8-6-5-7-14(16)12(2)3/h5-12H,4H2,1-3H3,(H,22,24). The Morgan fingerprint density at radius 3 is 2.71 bits per heavy atom. The van der Waals surface area contributed by atoms with Gasteiger partial charge in [0.2, 0.25) is 0 Å². The number of fused-ring (bicyclic) bond motifs is 1. The smallest absolute Gasteiger partial charge is 0.274 e. The van der Waals surface area contributed by atoms with Crippen LogP contribution in [0.5, 0.6) is 0 Å². The Kier molecular flexibility index (Phi) is 4.58. The molecule has 0 aliphatic heterocycles. The monoisotopic (exact) mass is 341 g/mol. The summed E-state index contributed by atoms with van der Waals surface area (Å²) in [4.78, 5) is 17.5. The fourth-order valence-electron chi connectivity index (χ4n) is 2.85. The van der Waals surface area contributed by atoms with Gasteiger partial charge in [-0.25, -0.2) is 4.98 Å². The normalized spacial score (nSPS) is 11.2. The van der Waals surface area contributed by atoms with Crippen LogP contribution in [0.25, 0.3) is 5.65 Å². The van der Waals surface area contributed by atoms with Gasteiger partial charge < -0.3 is 5.32 Å². The van der Waals surface area contributed by atoms with Crippen molar-refractivity contribution >= 4 is 28.8 Å². The van der Waals surface area contributed by atoms with E-state index in [0.29, 0.717) is 23.1 Å². The maximum Gasteiger partial charge on any atom is 0.274 e. The predicted molar refractivity (Wildman–Crippen MR) is 98.1 cm³/mol. The van der Waals surface area contributed by atoms with Crippen LogP contribution in [-0.2, 0) is 6.42 Å². The second kappa shape index (κ2) is 6.65. The largest absolute Gasteiger partial charge is 0.320 e. The minimum Gasteiger partial charge on any atom is -0.320 e. The third-order valence-corrected chi connectivity index (χ3v) is 4.26. The van der Waals surface area contributed by atoms with Crippen molar-refractivity contribution in [2.75, 3.05) is 5.32 Å². The zero-order valence-electron chi connectivity index (χ0n) is 14.0. The Bertz CT molecular complexity index is 899. The lowest BCUT2D eigenvalue weighted by molar-refractivity contribution is 0.102. The molecule has 3 aromatic rings. The van der Waals surface area contributed by atoms with Gasteiger partial charge in [-0.05, 0) is 36.1 Å². The lowest BCUT2D eigenvalue weighted by atomic mass is 10.0. The van der Waals surface area contributed by atoms with E-state index in [4.69, 9.17) is 11.6 Å². The first-order chi connectivity index (χ1) is 11.5. The van der Waals surface area contributed by atoms with E-state index < -0.39 is 0 Å². The van der Waals surface area contributed by atoms with E-state index in [0.717, 1.165) is 22.6 Å². The highest BCUT2D eigenvalue weighted by molar-refractivity contribution is 6.30. The summed E-state index contributed by atoms with van der Waals surface area (Å²) in [5.74, 6) is 0.151. The number of nitrogens with one attached hydrogen (secondary N) is 1. The number of para-hydroxylation sites is 1.